The number of quaternary nitrogens is 2. The second-order valence-corrected chi connectivity index (χ2v) is 15.6. The van der Waals surface area contributed by atoms with Gasteiger partial charge in [-0.15, -0.1) is 0 Å². The number of benzene rings is 4. The summed E-state index contributed by atoms with van der Waals surface area (Å²) in [5, 5.41) is 24.8. The van der Waals surface area contributed by atoms with Crippen LogP contribution in [0.2, 0.25) is 0 Å². The number of ether oxygens (including phenoxy) is 6. The molecule has 300 valence electrons. The van der Waals surface area contributed by atoms with Crippen molar-refractivity contribution < 1.29 is 62.0 Å². The van der Waals surface area contributed by atoms with Crippen LogP contribution in [0.3, 0.4) is 0 Å². The quantitative estimate of drug-likeness (QED) is 0.138. The largest absolute Gasteiger partial charge is 0.544 e. The molecule has 0 aromatic heterocycles. The van der Waals surface area contributed by atoms with Gasteiger partial charge in [-0.2, -0.15) is 0 Å². The SMILES string of the molecule is CCC(=O)Oc1c(OC)cc2c3c1Oc1cc4c(cc1OC)CC[N+](C)(CC(=O)[O-])C4Cc1ccc(cc1)Oc1cc(ccc1OC)CC3[N+](C)(CC(=O)[O-])CC2. The van der Waals surface area contributed by atoms with Crippen molar-refractivity contribution >= 4 is 17.9 Å². The van der Waals surface area contributed by atoms with Gasteiger partial charge in [-0.1, -0.05) is 25.1 Å². The molecule has 0 fully saturated rings. The highest BCUT2D eigenvalue weighted by Gasteiger charge is 2.45. The number of methoxy groups -OCH3 is 3. The van der Waals surface area contributed by atoms with Crippen LogP contribution in [-0.4, -0.2) is 88.5 Å². The number of carboxylic acid groups (broad SMARTS) is 2. The summed E-state index contributed by atoms with van der Waals surface area (Å²) in [5.41, 5.74) is 5.14. The first-order valence-corrected chi connectivity index (χ1v) is 19.1. The average Bonchev–Trinajstić information content (AvgIpc) is 3.17. The van der Waals surface area contributed by atoms with Crippen LogP contribution < -0.4 is 38.6 Å². The molecule has 4 aromatic carbocycles. The zero-order valence-electron chi connectivity index (χ0n) is 33.2. The smallest absolute Gasteiger partial charge is 0.311 e. The van der Waals surface area contributed by atoms with Gasteiger partial charge in [0.05, 0.1) is 66.0 Å². The van der Waals surface area contributed by atoms with Crippen molar-refractivity contribution in [2.75, 3.05) is 61.6 Å². The van der Waals surface area contributed by atoms with Crippen LogP contribution in [0.4, 0.5) is 0 Å². The lowest BCUT2D eigenvalue weighted by atomic mass is 9.85. The fourth-order valence-corrected chi connectivity index (χ4v) is 8.81. The molecule has 8 rings (SSSR count). The Labute approximate surface area is 332 Å². The molecule has 0 amide bonds. The molecule has 4 heterocycles. The summed E-state index contributed by atoms with van der Waals surface area (Å²) < 4.78 is 37.3. The molecule has 0 saturated heterocycles. The topological polar surface area (TPSA) is 153 Å². The van der Waals surface area contributed by atoms with Crippen molar-refractivity contribution in [3.63, 3.8) is 0 Å². The number of nitrogens with zero attached hydrogens (tertiary/aromatic N) is 2. The first kappa shape index (κ1) is 39.4. The average molecular weight is 781 g/mol. The van der Waals surface area contributed by atoms with Crippen molar-refractivity contribution in [1.82, 2.24) is 0 Å². The Morgan fingerprint density at radius 1 is 0.702 bits per heavy atom. The molecule has 4 aliphatic rings. The van der Waals surface area contributed by atoms with Gasteiger partial charge in [0.15, 0.2) is 34.5 Å². The first-order chi connectivity index (χ1) is 27.3. The van der Waals surface area contributed by atoms with E-state index in [9.17, 15) is 24.6 Å². The number of carboxylic acids is 2. The number of likely N-dealkylation sites (N-methyl/N-ethyl adjacent to an activating group) is 2. The van der Waals surface area contributed by atoms with Crippen molar-refractivity contribution in [2.24, 2.45) is 0 Å². The van der Waals surface area contributed by atoms with E-state index in [1.807, 2.05) is 74.8 Å². The fraction of sp³-hybridized carbons (Fsp3) is 0.386. The molecule has 13 heteroatoms. The number of carbonyl (C=O) groups is 3. The van der Waals surface area contributed by atoms with Crippen LogP contribution in [0.25, 0.3) is 0 Å². The van der Waals surface area contributed by atoms with Gasteiger partial charge in [0.25, 0.3) is 0 Å². The van der Waals surface area contributed by atoms with E-state index in [0.29, 0.717) is 73.1 Å². The van der Waals surface area contributed by atoms with E-state index in [1.165, 1.54) is 7.11 Å². The molecule has 57 heavy (non-hydrogen) atoms. The van der Waals surface area contributed by atoms with Crippen molar-refractivity contribution in [2.45, 2.75) is 51.1 Å². The Morgan fingerprint density at radius 3 is 1.91 bits per heavy atom. The number of fused-ring (bicyclic) bond motifs is 2. The minimum atomic E-state index is -1.21. The lowest BCUT2D eigenvalue weighted by molar-refractivity contribution is -0.936. The third kappa shape index (κ3) is 7.69. The maximum Gasteiger partial charge on any atom is 0.311 e. The number of hydrogen-bond donors (Lipinski definition) is 0. The van der Waals surface area contributed by atoms with Crippen LogP contribution in [-0.2, 0) is 40.1 Å². The summed E-state index contributed by atoms with van der Waals surface area (Å²) in [4.78, 5) is 37.9. The predicted molar refractivity (Wildman–Crippen MR) is 204 cm³/mol. The van der Waals surface area contributed by atoms with Crippen LogP contribution in [0.15, 0.2) is 60.7 Å². The molecule has 0 radical (unpaired) electrons. The third-order valence-electron chi connectivity index (χ3n) is 11.9. The maximum absolute atomic E-state index is 13.1. The van der Waals surface area contributed by atoms with Crippen molar-refractivity contribution in [1.29, 1.82) is 0 Å². The lowest BCUT2D eigenvalue weighted by Crippen LogP contribution is -2.57. The molecule has 0 spiro atoms. The molecule has 0 aliphatic carbocycles. The molecule has 4 aromatic rings. The Hall–Kier alpha value is -5.79. The van der Waals surface area contributed by atoms with Gasteiger partial charge in [-0.05, 0) is 64.7 Å². The van der Waals surface area contributed by atoms with E-state index in [-0.39, 0.29) is 51.8 Å². The second-order valence-electron chi connectivity index (χ2n) is 15.6. The summed E-state index contributed by atoms with van der Waals surface area (Å²) in [5.74, 6) is -0.0982. The normalized spacial score (nSPS) is 22.1. The highest BCUT2D eigenvalue weighted by molar-refractivity contribution is 5.76. The Kier molecular flexibility index (Phi) is 10.8. The van der Waals surface area contributed by atoms with Gasteiger partial charge in [-0.3, -0.25) is 4.79 Å². The van der Waals surface area contributed by atoms with Gasteiger partial charge >= 0.3 is 5.97 Å². The maximum atomic E-state index is 13.1. The van der Waals surface area contributed by atoms with Crippen LogP contribution in [0.5, 0.6) is 46.0 Å². The molecular formula is C44H48N2O11. The van der Waals surface area contributed by atoms with E-state index in [4.69, 9.17) is 28.4 Å². The Balaban J connectivity index is 1.54. The summed E-state index contributed by atoms with van der Waals surface area (Å²) in [6.07, 6.45) is 1.90. The van der Waals surface area contributed by atoms with Gasteiger partial charge in [0.1, 0.15) is 30.9 Å². The minimum absolute atomic E-state index is 0.0469. The van der Waals surface area contributed by atoms with Gasteiger partial charge < -0.3 is 57.2 Å². The molecule has 13 nitrogen and oxygen atoms in total. The standard InChI is InChI=1S/C44H48N2O11/c1-7-41(51)57-43-38(54-6)22-29-15-17-46(3,25-40(49)50)33-19-27-10-13-34(52-4)36(20-27)55-30-11-8-26(9-12-30)18-32-31-23-37(56-44(43)42(29)33)35(53-5)21-28(31)14-16-45(32,2)24-39(47)48/h8-13,20-23,32-33H,7,14-19,24-25H2,1-6H3. The second kappa shape index (κ2) is 15.6. The van der Waals surface area contributed by atoms with Gasteiger partial charge in [0.2, 0.25) is 5.75 Å². The van der Waals surface area contributed by atoms with E-state index < -0.39 is 23.9 Å². The van der Waals surface area contributed by atoms with E-state index in [1.54, 1.807) is 21.1 Å². The zero-order chi connectivity index (χ0) is 40.6. The monoisotopic (exact) mass is 780 g/mol. The predicted octanol–water partition coefficient (Wildman–Crippen LogP) is 4.00. The first-order valence-electron chi connectivity index (χ1n) is 19.1. The van der Waals surface area contributed by atoms with Crippen molar-refractivity contribution in [3.05, 3.63) is 94.0 Å². The number of hydrogen-bond acceptors (Lipinski definition) is 11. The fourth-order valence-electron chi connectivity index (χ4n) is 8.81. The summed E-state index contributed by atoms with van der Waals surface area (Å²) in [6.45, 7) is 2.17. The molecular weight excluding hydrogens is 732 g/mol. The van der Waals surface area contributed by atoms with E-state index in [2.05, 4.69) is 0 Å². The number of aliphatic carboxylic acids is 2. The number of carbonyl (C=O) groups excluding carboxylic acids is 3. The van der Waals surface area contributed by atoms with Crippen LogP contribution >= 0.6 is 0 Å². The number of rotatable bonds is 9. The van der Waals surface area contributed by atoms with E-state index in [0.717, 1.165) is 27.8 Å². The van der Waals surface area contributed by atoms with Crippen LogP contribution in [0.1, 0.15) is 58.8 Å². The molecule has 6 bridgehead atoms. The molecule has 0 N–H and O–H groups in total. The van der Waals surface area contributed by atoms with E-state index >= 15 is 0 Å². The van der Waals surface area contributed by atoms with Crippen LogP contribution in [0, 0.1) is 0 Å². The summed E-state index contributed by atoms with van der Waals surface area (Å²) in [6, 6.07) is 18.1. The van der Waals surface area contributed by atoms with Gasteiger partial charge in [0, 0.05) is 37.7 Å². The van der Waals surface area contributed by atoms with Crippen molar-refractivity contribution in [3.8, 4) is 46.0 Å². The third-order valence-corrected chi connectivity index (χ3v) is 11.9. The lowest BCUT2D eigenvalue weighted by Gasteiger charge is -2.47. The summed E-state index contributed by atoms with van der Waals surface area (Å²) in [7, 11) is 8.40. The zero-order valence-corrected chi connectivity index (χ0v) is 33.2. The number of esters is 1. The Morgan fingerprint density at radius 2 is 1.28 bits per heavy atom. The summed E-state index contributed by atoms with van der Waals surface area (Å²) >= 11 is 0. The Bertz CT molecular complexity index is 2220. The highest BCUT2D eigenvalue weighted by Crippen LogP contribution is 2.54. The molecule has 0 saturated carbocycles. The molecule has 4 aliphatic heterocycles. The molecule has 4 atom stereocenters. The molecule has 4 unspecified atom stereocenters. The highest BCUT2D eigenvalue weighted by atomic mass is 16.6. The van der Waals surface area contributed by atoms with Gasteiger partial charge in [-0.25, -0.2) is 0 Å². The minimum Gasteiger partial charge on any atom is -0.544 e.